The molecule has 0 radical (unpaired) electrons. The number of hydrogen-bond donors (Lipinski definition) is 2. The molecule has 1 amide bonds. The molecular formula is C7H9NO5. The maximum atomic E-state index is 11.0. The molecule has 0 aromatic carbocycles. The highest BCUT2D eigenvalue weighted by molar-refractivity contribution is 5.89. The van der Waals surface area contributed by atoms with Crippen LogP contribution in [0.2, 0.25) is 0 Å². The molecule has 1 saturated heterocycles. The Morgan fingerprint density at radius 3 is 2.54 bits per heavy atom. The monoisotopic (exact) mass is 187 g/mol. The van der Waals surface area contributed by atoms with Gasteiger partial charge in [-0.25, -0.2) is 4.79 Å². The van der Waals surface area contributed by atoms with Gasteiger partial charge in [-0.1, -0.05) is 0 Å². The molecule has 0 unspecified atom stereocenters. The van der Waals surface area contributed by atoms with Crippen molar-refractivity contribution < 1.29 is 24.6 Å². The molecule has 13 heavy (non-hydrogen) atoms. The van der Waals surface area contributed by atoms with Crippen LogP contribution in [0.4, 0.5) is 0 Å². The summed E-state index contributed by atoms with van der Waals surface area (Å²) in [5.74, 6) is -2.75. The molecule has 1 atom stereocenters. The number of carbonyl (C=O) groups is 3. The third-order valence-corrected chi connectivity index (χ3v) is 1.92. The Morgan fingerprint density at radius 2 is 2.08 bits per heavy atom. The molecule has 6 nitrogen and oxygen atoms in total. The maximum absolute atomic E-state index is 11.0. The lowest BCUT2D eigenvalue weighted by atomic mass is 10.2. The molecule has 0 spiro atoms. The maximum Gasteiger partial charge on any atom is 0.326 e. The molecule has 1 aliphatic heterocycles. The summed E-state index contributed by atoms with van der Waals surface area (Å²) < 4.78 is 0. The summed E-state index contributed by atoms with van der Waals surface area (Å²) in [4.78, 5) is 32.7. The number of rotatable bonds is 3. The molecular weight excluding hydrogens is 178 g/mol. The number of hydrogen-bond acceptors (Lipinski definition) is 3. The number of carboxylic acid groups (broad SMARTS) is 2. The number of aliphatic carboxylic acids is 2. The number of carboxylic acids is 2. The lowest BCUT2D eigenvalue weighted by Gasteiger charge is -2.18. The summed E-state index contributed by atoms with van der Waals surface area (Å²) in [6.45, 7) is -0.532. The second kappa shape index (κ2) is 3.42. The third-order valence-electron chi connectivity index (χ3n) is 1.92. The minimum atomic E-state index is -1.19. The van der Waals surface area contributed by atoms with Gasteiger partial charge in [-0.15, -0.1) is 0 Å². The van der Waals surface area contributed by atoms with Crippen LogP contribution in [-0.4, -0.2) is 45.5 Å². The van der Waals surface area contributed by atoms with Crippen molar-refractivity contribution in [2.45, 2.75) is 18.9 Å². The summed E-state index contributed by atoms with van der Waals surface area (Å²) in [6, 6.07) is -0.969. The number of likely N-dealkylation sites (tertiary alicyclic amines) is 1. The Morgan fingerprint density at radius 1 is 1.46 bits per heavy atom. The first-order chi connectivity index (χ1) is 6.02. The lowest BCUT2D eigenvalue weighted by molar-refractivity contribution is -0.150. The van der Waals surface area contributed by atoms with Crippen LogP contribution < -0.4 is 0 Å². The molecule has 6 heteroatoms. The average molecular weight is 187 g/mol. The van der Waals surface area contributed by atoms with Gasteiger partial charge in [-0.2, -0.15) is 0 Å². The zero-order chi connectivity index (χ0) is 10.0. The number of amides is 1. The van der Waals surface area contributed by atoms with E-state index in [0.717, 1.165) is 4.90 Å². The van der Waals surface area contributed by atoms with Crippen molar-refractivity contribution in [3.8, 4) is 0 Å². The van der Waals surface area contributed by atoms with Crippen molar-refractivity contribution in [1.82, 2.24) is 4.90 Å². The smallest absolute Gasteiger partial charge is 0.326 e. The van der Waals surface area contributed by atoms with Gasteiger partial charge in [-0.05, 0) is 6.42 Å². The van der Waals surface area contributed by atoms with Crippen LogP contribution >= 0.6 is 0 Å². The van der Waals surface area contributed by atoms with Gasteiger partial charge in [0, 0.05) is 6.42 Å². The zero-order valence-electron chi connectivity index (χ0n) is 6.77. The highest BCUT2D eigenvalue weighted by Crippen LogP contribution is 2.18. The Balaban J connectivity index is 2.71. The van der Waals surface area contributed by atoms with E-state index in [1.54, 1.807) is 0 Å². The van der Waals surface area contributed by atoms with E-state index < -0.39 is 30.4 Å². The van der Waals surface area contributed by atoms with Crippen molar-refractivity contribution in [2.24, 2.45) is 0 Å². The van der Waals surface area contributed by atoms with Gasteiger partial charge in [-0.3, -0.25) is 9.59 Å². The third kappa shape index (κ3) is 1.95. The predicted molar refractivity (Wildman–Crippen MR) is 40.0 cm³/mol. The molecule has 0 aliphatic carbocycles. The Bertz CT molecular complexity index is 262. The summed E-state index contributed by atoms with van der Waals surface area (Å²) in [6.07, 6.45) is 0.311. The van der Waals surface area contributed by atoms with E-state index in [0.29, 0.717) is 0 Å². The van der Waals surface area contributed by atoms with Gasteiger partial charge < -0.3 is 15.1 Å². The van der Waals surface area contributed by atoms with E-state index >= 15 is 0 Å². The molecule has 0 aromatic rings. The minimum Gasteiger partial charge on any atom is -0.480 e. The first-order valence-corrected chi connectivity index (χ1v) is 3.76. The topological polar surface area (TPSA) is 94.9 Å². The number of carbonyl (C=O) groups excluding carboxylic acids is 1. The Hall–Kier alpha value is -1.59. The highest BCUT2D eigenvalue weighted by atomic mass is 16.4. The molecule has 0 bridgehead atoms. The van der Waals surface area contributed by atoms with Crippen LogP contribution in [0.1, 0.15) is 12.8 Å². The average Bonchev–Trinajstić information content (AvgIpc) is 2.32. The van der Waals surface area contributed by atoms with Crippen LogP contribution in [0.25, 0.3) is 0 Å². The van der Waals surface area contributed by atoms with E-state index in [2.05, 4.69) is 0 Å². The largest absolute Gasteiger partial charge is 0.480 e. The normalized spacial score (nSPS) is 22.0. The van der Waals surface area contributed by atoms with Gasteiger partial charge in [0.1, 0.15) is 12.6 Å². The quantitative estimate of drug-likeness (QED) is 0.599. The molecule has 1 heterocycles. The van der Waals surface area contributed by atoms with Crippen LogP contribution in [-0.2, 0) is 14.4 Å². The summed E-state index contributed by atoms with van der Waals surface area (Å²) in [7, 11) is 0. The van der Waals surface area contributed by atoms with E-state index in [9.17, 15) is 14.4 Å². The van der Waals surface area contributed by atoms with Gasteiger partial charge in [0.05, 0.1) is 0 Å². The molecule has 0 saturated carbocycles. The van der Waals surface area contributed by atoms with Crippen molar-refractivity contribution >= 4 is 17.8 Å². The van der Waals surface area contributed by atoms with E-state index in [1.165, 1.54) is 0 Å². The first-order valence-electron chi connectivity index (χ1n) is 3.76. The van der Waals surface area contributed by atoms with Crippen molar-refractivity contribution in [3.63, 3.8) is 0 Å². The summed E-state index contributed by atoms with van der Waals surface area (Å²) in [5, 5.41) is 17.0. The van der Waals surface area contributed by atoms with Gasteiger partial charge >= 0.3 is 11.9 Å². The fourth-order valence-electron chi connectivity index (χ4n) is 1.33. The van der Waals surface area contributed by atoms with Crippen LogP contribution in [0.3, 0.4) is 0 Å². The summed E-state index contributed by atoms with van der Waals surface area (Å²) in [5.41, 5.74) is 0. The van der Waals surface area contributed by atoms with Gasteiger partial charge in [0.15, 0.2) is 0 Å². The molecule has 0 aromatic heterocycles. The van der Waals surface area contributed by atoms with Gasteiger partial charge in [0.2, 0.25) is 5.91 Å². The van der Waals surface area contributed by atoms with Crippen LogP contribution in [0, 0.1) is 0 Å². The minimum absolute atomic E-state index is 0.115. The lowest BCUT2D eigenvalue weighted by Crippen LogP contribution is -2.41. The van der Waals surface area contributed by atoms with Crippen molar-refractivity contribution in [2.75, 3.05) is 6.54 Å². The molecule has 1 rings (SSSR count). The second-order valence-electron chi connectivity index (χ2n) is 2.81. The van der Waals surface area contributed by atoms with Crippen molar-refractivity contribution in [1.29, 1.82) is 0 Å². The fraction of sp³-hybridized carbons (Fsp3) is 0.571. The Labute approximate surface area is 73.8 Å². The number of nitrogens with zero attached hydrogens (tertiary/aromatic N) is 1. The van der Waals surface area contributed by atoms with Gasteiger partial charge in [0.25, 0.3) is 0 Å². The molecule has 2 N–H and O–H groups in total. The predicted octanol–water partition coefficient (Wildman–Crippen LogP) is -0.853. The zero-order valence-corrected chi connectivity index (χ0v) is 6.77. The molecule has 1 fully saturated rings. The van der Waals surface area contributed by atoms with E-state index in [4.69, 9.17) is 10.2 Å². The van der Waals surface area contributed by atoms with E-state index in [-0.39, 0.29) is 12.8 Å². The standard InChI is InChI=1S/C7H9NO5/c9-5-2-1-4(7(12)13)8(5)3-6(10)11/h4H,1-3H2,(H,10,11)(H,12,13)/t4-/m0/s1. The van der Waals surface area contributed by atoms with Crippen LogP contribution in [0.5, 0.6) is 0 Å². The fourth-order valence-corrected chi connectivity index (χ4v) is 1.33. The summed E-state index contributed by atoms with van der Waals surface area (Å²) >= 11 is 0. The highest BCUT2D eigenvalue weighted by Gasteiger charge is 2.36. The Kier molecular flexibility index (Phi) is 2.50. The van der Waals surface area contributed by atoms with Crippen LogP contribution in [0.15, 0.2) is 0 Å². The SMILES string of the molecule is O=C(O)CN1C(=O)CC[C@H]1C(=O)O. The second-order valence-corrected chi connectivity index (χ2v) is 2.81. The van der Waals surface area contributed by atoms with E-state index in [1.807, 2.05) is 0 Å². The molecule has 72 valence electrons. The molecule has 1 aliphatic rings. The van der Waals surface area contributed by atoms with Crippen molar-refractivity contribution in [3.05, 3.63) is 0 Å². The first kappa shape index (κ1) is 9.50.